The standard InChI is InChI=1S/C19H28N6O3/c1-23(10-8-15-6-7-17(27-2)18(11-15)28-3)16-5-4-9-24(12-16)19(26)13-25-14-20-21-22-25/h6-7,11,14,16H,4-5,8-10,12-13H2,1-3H3. The molecule has 2 aromatic rings. The van der Waals surface area contributed by atoms with Crippen LogP contribution in [0.3, 0.4) is 0 Å². The van der Waals surface area contributed by atoms with E-state index < -0.39 is 0 Å². The maximum absolute atomic E-state index is 12.5. The number of methoxy groups -OCH3 is 2. The summed E-state index contributed by atoms with van der Waals surface area (Å²) in [5.41, 5.74) is 1.20. The van der Waals surface area contributed by atoms with Gasteiger partial charge >= 0.3 is 0 Å². The van der Waals surface area contributed by atoms with Crippen LogP contribution < -0.4 is 9.47 Å². The summed E-state index contributed by atoms with van der Waals surface area (Å²) < 4.78 is 12.1. The van der Waals surface area contributed by atoms with Gasteiger partial charge in [0.25, 0.3) is 0 Å². The quantitative estimate of drug-likeness (QED) is 0.663. The van der Waals surface area contributed by atoms with Crippen molar-refractivity contribution >= 4 is 5.91 Å². The average molecular weight is 388 g/mol. The zero-order valence-electron chi connectivity index (χ0n) is 16.7. The molecule has 1 atom stereocenters. The number of carbonyl (C=O) groups is 1. The van der Waals surface area contributed by atoms with E-state index in [2.05, 4.69) is 33.5 Å². The first kappa shape index (κ1) is 20.1. The molecule has 1 amide bonds. The maximum Gasteiger partial charge on any atom is 0.244 e. The van der Waals surface area contributed by atoms with Crippen molar-refractivity contribution in [1.29, 1.82) is 0 Å². The summed E-state index contributed by atoms with van der Waals surface area (Å²) in [4.78, 5) is 16.8. The Morgan fingerprint density at radius 1 is 1.29 bits per heavy atom. The van der Waals surface area contributed by atoms with Crippen LogP contribution >= 0.6 is 0 Å². The number of amides is 1. The molecule has 1 fully saturated rings. The van der Waals surface area contributed by atoms with Crippen molar-refractivity contribution in [1.82, 2.24) is 30.0 Å². The molecule has 152 valence electrons. The highest BCUT2D eigenvalue weighted by Crippen LogP contribution is 2.28. The van der Waals surface area contributed by atoms with Crippen LogP contribution in [0.25, 0.3) is 0 Å². The number of likely N-dealkylation sites (N-methyl/N-ethyl adjacent to an activating group) is 1. The van der Waals surface area contributed by atoms with Gasteiger partial charge in [-0.05, 0) is 54.4 Å². The van der Waals surface area contributed by atoms with Crippen LogP contribution in [0.1, 0.15) is 18.4 Å². The summed E-state index contributed by atoms with van der Waals surface area (Å²) in [5.74, 6) is 1.55. The SMILES string of the molecule is COc1ccc(CCN(C)C2CCCN(C(=O)Cn3cnnn3)C2)cc1OC. The second-order valence-electron chi connectivity index (χ2n) is 7.06. The van der Waals surface area contributed by atoms with Crippen molar-refractivity contribution in [2.75, 3.05) is 40.9 Å². The minimum Gasteiger partial charge on any atom is -0.493 e. The largest absolute Gasteiger partial charge is 0.493 e. The van der Waals surface area contributed by atoms with Gasteiger partial charge in [0.05, 0.1) is 14.2 Å². The Morgan fingerprint density at radius 2 is 2.11 bits per heavy atom. The first-order valence-corrected chi connectivity index (χ1v) is 9.50. The molecular weight excluding hydrogens is 360 g/mol. The Labute approximate surface area is 165 Å². The maximum atomic E-state index is 12.5. The minimum absolute atomic E-state index is 0.0605. The van der Waals surface area contributed by atoms with Gasteiger partial charge in [0.1, 0.15) is 12.9 Å². The van der Waals surface area contributed by atoms with E-state index in [0.29, 0.717) is 6.04 Å². The third kappa shape index (κ3) is 4.98. The molecule has 0 aliphatic carbocycles. The smallest absolute Gasteiger partial charge is 0.244 e. The lowest BCUT2D eigenvalue weighted by molar-refractivity contribution is -0.134. The number of aromatic nitrogens is 4. The lowest BCUT2D eigenvalue weighted by atomic mass is 10.0. The highest BCUT2D eigenvalue weighted by atomic mass is 16.5. The van der Waals surface area contributed by atoms with Crippen molar-refractivity contribution in [3.05, 3.63) is 30.1 Å². The summed E-state index contributed by atoms with van der Waals surface area (Å²) in [5, 5.41) is 10.9. The lowest BCUT2D eigenvalue weighted by Crippen LogP contribution is -2.49. The van der Waals surface area contributed by atoms with Gasteiger partial charge in [-0.2, -0.15) is 0 Å². The topological polar surface area (TPSA) is 85.6 Å². The van der Waals surface area contributed by atoms with Crippen LogP contribution in [-0.2, 0) is 17.8 Å². The fourth-order valence-corrected chi connectivity index (χ4v) is 3.56. The number of hydrogen-bond acceptors (Lipinski definition) is 7. The fraction of sp³-hybridized carbons (Fsp3) is 0.579. The molecule has 9 nitrogen and oxygen atoms in total. The first-order valence-electron chi connectivity index (χ1n) is 9.50. The van der Waals surface area contributed by atoms with Gasteiger partial charge in [0.2, 0.25) is 5.91 Å². The molecule has 28 heavy (non-hydrogen) atoms. The number of piperidine rings is 1. The molecule has 0 spiro atoms. The highest BCUT2D eigenvalue weighted by Gasteiger charge is 2.26. The van der Waals surface area contributed by atoms with Gasteiger partial charge in [0.15, 0.2) is 11.5 Å². The number of nitrogens with zero attached hydrogens (tertiary/aromatic N) is 6. The number of tetrazole rings is 1. The molecule has 0 radical (unpaired) electrons. The third-order valence-electron chi connectivity index (χ3n) is 5.26. The van der Waals surface area contributed by atoms with Gasteiger partial charge in [-0.15, -0.1) is 5.10 Å². The Kier molecular flexibility index (Phi) is 6.80. The zero-order valence-corrected chi connectivity index (χ0v) is 16.7. The van der Waals surface area contributed by atoms with Crippen LogP contribution in [0.15, 0.2) is 24.5 Å². The molecule has 0 N–H and O–H groups in total. The molecule has 1 saturated heterocycles. The molecule has 3 rings (SSSR count). The molecule has 9 heteroatoms. The Bertz CT molecular complexity index is 767. The van der Waals surface area contributed by atoms with Gasteiger partial charge in [-0.3, -0.25) is 4.79 Å². The lowest BCUT2D eigenvalue weighted by Gasteiger charge is -2.37. The minimum atomic E-state index is 0.0605. The molecule has 2 heterocycles. The molecule has 1 unspecified atom stereocenters. The molecule has 0 bridgehead atoms. The molecule has 1 aromatic carbocycles. The van der Waals surface area contributed by atoms with E-state index in [1.165, 1.54) is 16.6 Å². The summed E-state index contributed by atoms with van der Waals surface area (Å²) in [7, 11) is 5.41. The van der Waals surface area contributed by atoms with E-state index >= 15 is 0 Å². The van der Waals surface area contributed by atoms with Crippen LogP contribution in [0.4, 0.5) is 0 Å². The number of hydrogen-bond donors (Lipinski definition) is 0. The van der Waals surface area contributed by atoms with Gasteiger partial charge < -0.3 is 19.3 Å². The fourth-order valence-electron chi connectivity index (χ4n) is 3.56. The van der Waals surface area contributed by atoms with Crippen LogP contribution in [0.5, 0.6) is 11.5 Å². The molecular formula is C19H28N6O3. The zero-order chi connectivity index (χ0) is 19.9. The molecule has 0 saturated carbocycles. The Hall–Kier alpha value is -2.68. The second-order valence-corrected chi connectivity index (χ2v) is 7.06. The number of benzene rings is 1. The van der Waals surface area contributed by atoms with Crippen molar-refractivity contribution in [2.45, 2.75) is 31.8 Å². The molecule has 1 aromatic heterocycles. The highest BCUT2D eigenvalue weighted by molar-refractivity contribution is 5.76. The van der Waals surface area contributed by atoms with Crippen molar-refractivity contribution < 1.29 is 14.3 Å². The van der Waals surface area contributed by atoms with Crippen LogP contribution in [0.2, 0.25) is 0 Å². The number of ether oxygens (including phenoxy) is 2. The first-order chi connectivity index (χ1) is 13.6. The van der Waals surface area contributed by atoms with E-state index in [1.807, 2.05) is 17.0 Å². The van der Waals surface area contributed by atoms with Gasteiger partial charge in [-0.1, -0.05) is 6.07 Å². The van der Waals surface area contributed by atoms with Crippen molar-refractivity contribution in [3.8, 4) is 11.5 Å². The van der Waals surface area contributed by atoms with Crippen molar-refractivity contribution in [2.24, 2.45) is 0 Å². The van der Waals surface area contributed by atoms with E-state index in [1.54, 1.807) is 14.2 Å². The molecule has 1 aliphatic rings. The van der Waals surface area contributed by atoms with E-state index in [4.69, 9.17) is 9.47 Å². The monoisotopic (exact) mass is 388 g/mol. The number of carbonyl (C=O) groups excluding carboxylic acids is 1. The van der Waals surface area contributed by atoms with Crippen molar-refractivity contribution in [3.63, 3.8) is 0 Å². The average Bonchev–Trinajstić information content (AvgIpc) is 3.24. The summed E-state index contributed by atoms with van der Waals surface area (Å²) >= 11 is 0. The van der Waals surface area contributed by atoms with Gasteiger partial charge in [-0.25, -0.2) is 4.68 Å². The normalized spacial score (nSPS) is 17.0. The predicted molar refractivity (Wildman–Crippen MR) is 103 cm³/mol. The van der Waals surface area contributed by atoms with E-state index in [9.17, 15) is 4.79 Å². The second kappa shape index (κ2) is 9.50. The van der Waals surface area contributed by atoms with Crippen LogP contribution in [-0.4, -0.2) is 82.9 Å². The molecule has 1 aliphatic heterocycles. The summed E-state index contributed by atoms with van der Waals surface area (Å²) in [6.07, 6.45) is 4.48. The third-order valence-corrected chi connectivity index (χ3v) is 5.26. The number of likely N-dealkylation sites (tertiary alicyclic amines) is 1. The number of rotatable bonds is 8. The van der Waals surface area contributed by atoms with E-state index in [0.717, 1.165) is 50.4 Å². The van der Waals surface area contributed by atoms with Crippen LogP contribution in [0, 0.1) is 0 Å². The van der Waals surface area contributed by atoms with Gasteiger partial charge in [0, 0.05) is 25.7 Å². The summed E-state index contributed by atoms with van der Waals surface area (Å²) in [6.45, 7) is 2.63. The van der Waals surface area contributed by atoms with E-state index in [-0.39, 0.29) is 12.5 Å². The summed E-state index contributed by atoms with van der Waals surface area (Å²) in [6, 6.07) is 6.38. The predicted octanol–water partition coefficient (Wildman–Crippen LogP) is 0.856. The Morgan fingerprint density at radius 3 is 2.82 bits per heavy atom. The Balaban J connectivity index is 1.52.